The van der Waals surface area contributed by atoms with Gasteiger partial charge >= 0.3 is 5.63 Å². The largest absolute Gasteiger partial charge is 0.872 e. The van der Waals surface area contributed by atoms with Crippen LogP contribution in [-0.4, -0.2) is 28.3 Å². The van der Waals surface area contributed by atoms with Crippen LogP contribution in [0.4, 0.5) is 0 Å². The third-order valence-electron chi connectivity index (χ3n) is 4.60. The maximum atomic E-state index is 12.9. The fourth-order valence-corrected chi connectivity index (χ4v) is 3.30. The average molecular weight is 369 g/mol. The Hall–Kier alpha value is -2.99. The highest BCUT2D eigenvalue weighted by molar-refractivity contribution is 5.90. The topological polar surface area (TPSA) is 76.2 Å². The Kier molecular flexibility index (Phi) is 5.10. The maximum absolute atomic E-state index is 12.9. The molecule has 0 amide bonds. The van der Waals surface area contributed by atoms with Crippen LogP contribution in [-0.2, 0) is 6.54 Å². The molecule has 1 heterocycles. The highest BCUT2D eigenvalue weighted by Crippen LogP contribution is 2.36. The molecule has 0 aliphatic rings. The minimum atomic E-state index is -0.507. The van der Waals surface area contributed by atoms with Crippen molar-refractivity contribution in [3.63, 3.8) is 0 Å². The zero-order valence-electron chi connectivity index (χ0n) is 16.1. The Morgan fingerprint density at radius 3 is 2.48 bits per heavy atom. The van der Waals surface area contributed by atoms with E-state index >= 15 is 0 Å². The molecule has 6 nitrogen and oxygen atoms in total. The van der Waals surface area contributed by atoms with Gasteiger partial charge in [0.15, 0.2) is 0 Å². The van der Waals surface area contributed by atoms with Crippen molar-refractivity contribution in [1.82, 2.24) is 0 Å². The number of ether oxygens (including phenoxy) is 2. The third-order valence-corrected chi connectivity index (χ3v) is 4.60. The Bertz CT molecular complexity index is 1050. The van der Waals surface area contributed by atoms with Gasteiger partial charge in [-0.2, -0.15) is 0 Å². The number of nitrogens with one attached hydrogen (secondary N) is 1. The van der Waals surface area contributed by atoms with E-state index in [-0.39, 0.29) is 5.75 Å². The number of methoxy groups -OCH3 is 2. The lowest BCUT2D eigenvalue weighted by atomic mass is 9.97. The van der Waals surface area contributed by atoms with E-state index in [2.05, 4.69) is 0 Å². The monoisotopic (exact) mass is 369 g/mol. The molecule has 0 saturated carbocycles. The molecule has 142 valence electrons. The van der Waals surface area contributed by atoms with Crippen LogP contribution in [0.1, 0.15) is 11.1 Å². The zero-order valence-corrected chi connectivity index (χ0v) is 16.1. The zero-order chi connectivity index (χ0) is 19.7. The number of quaternary nitrogens is 1. The summed E-state index contributed by atoms with van der Waals surface area (Å²) >= 11 is 0. The molecule has 0 atom stereocenters. The highest BCUT2D eigenvalue weighted by Gasteiger charge is 2.20. The van der Waals surface area contributed by atoms with Gasteiger partial charge in [0.2, 0.25) is 0 Å². The molecule has 3 rings (SSSR count). The van der Waals surface area contributed by atoms with Crippen molar-refractivity contribution in [2.45, 2.75) is 13.5 Å². The second-order valence-electron chi connectivity index (χ2n) is 6.76. The Morgan fingerprint density at radius 1 is 1.11 bits per heavy atom. The summed E-state index contributed by atoms with van der Waals surface area (Å²) in [5, 5.41) is 13.1. The van der Waals surface area contributed by atoms with E-state index in [1.54, 1.807) is 38.5 Å². The lowest BCUT2D eigenvalue weighted by molar-refractivity contribution is -0.872. The molecule has 0 aliphatic carbocycles. The highest BCUT2D eigenvalue weighted by atomic mass is 16.5. The SMILES string of the molecule is COc1ccc(OC)c(-c2c(C)c3ccc([O-])c(C[NH+](C)C)c3oc2=O)c1. The van der Waals surface area contributed by atoms with Gasteiger partial charge in [0.1, 0.15) is 23.6 Å². The summed E-state index contributed by atoms with van der Waals surface area (Å²) in [7, 11) is 7.00. The number of rotatable bonds is 5. The molecule has 3 aromatic rings. The fraction of sp³-hybridized carbons (Fsp3) is 0.286. The smallest absolute Gasteiger partial charge is 0.344 e. The molecule has 0 fully saturated rings. The van der Waals surface area contributed by atoms with E-state index in [9.17, 15) is 9.90 Å². The fourth-order valence-electron chi connectivity index (χ4n) is 3.30. The van der Waals surface area contributed by atoms with Crippen molar-refractivity contribution in [2.24, 2.45) is 0 Å². The van der Waals surface area contributed by atoms with E-state index in [1.807, 2.05) is 21.0 Å². The van der Waals surface area contributed by atoms with Gasteiger partial charge in [-0.25, -0.2) is 4.79 Å². The molecule has 6 heteroatoms. The van der Waals surface area contributed by atoms with Crippen molar-refractivity contribution in [3.05, 3.63) is 51.9 Å². The van der Waals surface area contributed by atoms with E-state index in [4.69, 9.17) is 13.9 Å². The number of benzene rings is 2. The predicted molar refractivity (Wildman–Crippen MR) is 102 cm³/mol. The molecule has 0 saturated heterocycles. The summed E-state index contributed by atoms with van der Waals surface area (Å²) in [4.78, 5) is 14.0. The van der Waals surface area contributed by atoms with Gasteiger partial charge < -0.3 is 23.9 Å². The summed E-state index contributed by atoms with van der Waals surface area (Å²) in [5.74, 6) is 1.03. The van der Waals surface area contributed by atoms with Crippen molar-refractivity contribution < 1.29 is 23.9 Å². The van der Waals surface area contributed by atoms with Crippen LogP contribution in [0.15, 0.2) is 39.5 Å². The molecule has 27 heavy (non-hydrogen) atoms. The van der Waals surface area contributed by atoms with Crippen molar-refractivity contribution in [2.75, 3.05) is 28.3 Å². The van der Waals surface area contributed by atoms with Gasteiger partial charge in [-0.3, -0.25) is 0 Å². The van der Waals surface area contributed by atoms with Crippen LogP contribution in [0.25, 0.3) is 22.1 Å². The first-order chi connectivity index (χ1) is 12.9. The van der Waals surface area contributed by atoms with Crippen LogP contribution in [0.3, 0.4) is 0 Å². The number of fused-ring (bicyclic) bond motifs is 1. The van der Waals surface area contributed by atoms with Crippen LogP contribution in [0.2, 0.25) is 0 Å². The van der Waals surface area contributed by atoms with Crippen molar-refractivity contribution in [3.8, 4) is 28.4 Å². The Balaban J connectivity index is 2.35. The summed E-state index contributed by atoms with van der Waals surface area (Å²) in [6.45, 7) is 2.32. The Morgan fingerprint density at radius 2 is 1.85 bits per heavy atom. The van der Waals surface area contributed by atoms with Crippen molar-refractivity contribution >= 4 is 11.0 Å². The molecule has 0 aliphatic heterocycles. The van der Waals surface area contributed by atoms with Gasteiger partial charge in [0, 0.05) is 16.5 Å². The molecule has 2 aromatic carbocycles. The van der Waals surface area contributed by atoms with E-state index in [1.165, 1.54) is 6.07 Å². The van der Waals surface area contributed by atoms with Gasteiger partial charge in [0.25, 0.3) is 0 Å². The van der Waals surface area contributed by atoms with Gasteiger partial charge in [-0.15, -0.1) is 0 Å². The molecule has 1 N–H and O–H groups in total. The first kappa shape index (κ1) is 18.8. The minimum Gasteiger partial charge on any atom is -0.872 e. The lowest BCUT2D eigenvalue weighted by Gasteiger charge is -2.19. The van der Waals surface area contributed by atoms with Crippen LogP contribution in [0.5, 0.6) is 17.2 Å². The third kappa shape index (κ3) is 3.36. The lowest BCUT2D eigenvalue weighted by Crippen LogP contribution is -3.04. The number of hydrogen-bond donors (Lipinski definition) is 1. The second-order valence-corrected chi connectivity index (χ2v) is 6.76. The van der Waals surface area contributed by atoms with Gasteiger partial charge in [-0.05, 0) is 30.7 Å². The van der Waals surface area contributed by atoms with E-state index in [0.717, 1.165) is 15.8 Å². The molecule has 0 radical (unpaired) electrons. The van der Waals surface area contributed by atoms with Crippen molar-refractivity contribution in [1.29, 1.82) is 0 Å². The normalized spacial score (nSPS) is 11.2. The molecule has 0 unspecified atom stereocenters. The first-order valence-corrected chi connectivity index (χ1v) is 8.65. The second kappa shape index (κ2) is 7.32. The standard InChI is InChI=1S/C21H23NO5/c1-12-14-7-8-17(23)16(11-22(2)3)20(14)27-21(24)19(12)15-10-13(25-4)6-9-18(15)26-5/h6-10,23H,11H2,1-5H3. The van der Waals surface area contributed by atoms with Gasteiger partial charge in [0.05, 0.1) is 33.9 Å². The summed E-state index contributed by atoms with van der Waals surface area (Å²) in [6, 6.07) is 8.50. The molecule has 0 spiro atoms. The van der Waals surface area contributed by atoms with E-state index < -0.39 is 5.63 Å². The number of aryl methyl sites for hydroxylation is 1. The first-order valence-electron chi connectivity index (χ1n) is 8.65. The number of hydrogen-bond acceptors (Lipinski definition) is 5. The summed E-state index contributed by atoms with van der Waals surface area (Å²) < 4.78 is 16.4. The summed E-state index contributed by atoms with van der Waals surface area (Å²) in [5.41, 5.74) is 2.10. The average Bonchev–Trinajstić information content (AvgIpc) is 2.63. The molecular weight excluding hydrogens is 346 g/mol. The minimum absolute atomic E-state index is 0.127. The summed E-state index contributed by atoms with van der Waals surface area (Å²) in [6.07, 6.45) is 0. The Labute approximate surface area is 157 Å². The van der Waals surface area contributed by atoms with Crippen LogP contribution >= 0.6 is 0 Å². The van der Waals surface area contributed by atoms with Crippen LogP contribution < -0.4 is 25.1 Å². The quantitative estimate of drug-likeness (QED) is 0.690. The van der Waals surface area contributed by atoms with E-state index in [0.29, 0.717) is 40.3 Å². The predicted octanol–water partition coefficient (Wildman–Crippen LogP) is 1.50. The molecular formula is C21H23NO5. The maximum Gasteiger partial charge on any atom is 0.344 e. The molecule has 1 aromatic heterocycles. The van der Waals surface area contributed by atoms with Gasteiger partial charge in [-0.1, -0.05) is 17.9 Å². The van der Waals surface area contributed by atoms with Crippen LogP contribution in [0, 0.1) is 6.92 Å². The molecule has 0 bridgehead atoms.